The van der Waals surface area contributed by atoms with Gasteiger partial charge in [0.2, 0.25) is 0 Å². The van der Waals surface area contributed by atoms with Crippen LogP contribution < -0.4 is 9.99 Å². The van der Waals surface area contributed by atoms with Crippen LogP contribution >= 0.6 is 0 Å². The third-order valence-electron chi connectivity index (χ3n) is 4.43. The average Bonchev–Trinajstić information content (AvgIpc) is 3.22. The van der Waals surface area contributed by atoms with Gasteiger partial charge in [-0.2, -0.15) is 0 Å². The Morgan fingerprint density at radius 2 is 1.88 bits per heavy atom. The molecule has 2 N–H and O–H groups in total. The Hall–Kier alpha value is -3.07. The molecule has 8 nitrogen and oxygen atoms in total. The maximum Gasteiger partial charge on any atom is 0.337 e. The van der Waals surface area contributed by atoms with Crippen LogP contribution in [0.2, 0.25) is 0 Å². The van der Waals surface area contributed by atoms with Crippen molar-refractivity contribution in [2.45, 2.75) is 11.3 Å². The number of hydrogen-bond donors (Lipinski definition) is 2. The average molecular weight is 373 g/mol. The Kier molecular flexibility index (Phi) is 3.62. The number of benzene rings is 2. The molecule has 0 radical (unpaired) electrons. The van der Waals surface area contributed by atoms with Crippen molar-refractivity contribution in [2.75, 3.05) is 18.0 Å². The first kappa shape index (κ1) is 16.4. The van der Waals surface area contributed by atoms with Gasteiger partial charge in [-0.15, -0.1) is 0 Å². The highest BCUT2D eigenvalue weighted by Gasteiger charge is 2.31. The number of fused-ring (bicyclic) bond motifs is 2. The summed E-state index contributed by atoms with van der Waals surface area (Å²) in [6.45, 7) is 0.282. The maximum atomic E-state index is 13.1. The molecule has 26 heavy (non-hydrogen) atoms. The molecule has 0 aliphatic carbocycles. The fourth-order valence-corrected chi connectivity index (χ4v) is 4.70. The van der Waals surface area contributed by atoms with E-state index in [1.165, 1.54) is 23.5 Å². The van der Waals surface area contributed by atoms with Gasteiger partial charge in [-0.25, -0.2) is 18.0 Å². The minimum Gasteiger partial charge on any atom is -0.465 e. The van der Waals surface area contributed by atoms with E-state index in [0.29, 0.717) is 28.7 Å². The lowest BCUT2D eigenvalue weighted by molar-refractivity contribution is 0.0600. The fourth-order valence-electron chi connectivity index (χ4n) is 3.17. The van der Waals surface area contributed by atoms with Gasteiger partial charge in [-0.05, 0) is 48.4 Å². The zero-order valence-electron chi connectivity index (χ0n) is 13.8. The molecule has 0 saturated carbocycles. The number of ether oxygens (including phenoxy) is 1. The summed E-state index contributed by atoms with van der Waals surface area (Å²) in [4.78, 5) is 28.3. The molecule has 2 heterocycles. The van der Waals surface area contributed by atoms with Crippen molar-refractivity contribution in [2.24, 2.45) is 0 Å². The second-order valence-electron chi connectivity index (χ2n) is 5.95. The first-order chi connectivity index (χ1) is 12.4. The summed E-state index contributed by atoms with van der Waals surface area (Å²) in [7, 11) is -2.49. The molecule has 1 aromatic heterocycles. The number of carbonyl (C=O) groups is 1. The van der Waals surface area contributed by atoms with Crippen molar-refractivity contribution in [3.8, 4) is 0 Å². The second-order valence-corrected chi connectivity index (χ2v) is 7.81. The molecule has 3 aromatic rings. The monoisotopic (exact) mass is 373 g/mol. The van der Waals surface area contributed by atoms with Crippen LogP contribution in [0.15, 0.2) is 46.1 Å². The van der Waals surface area contributed by atoms with Crippen molar-refractivity contribution in [1.82, 2.24) is 9.97 Å². The number of aromatic amines is 2. The quantitative estimate of drug-likeness (QED) is 0.674. The molecule has 0 atom stereocenters. The number of rotatable bonds is 3. The zero-order valence-corrected chi connectivity index (χ0v) is 14.6. The molecular weight excluding hydrogens is 358 g/mol. The highest BCUT2D eigenvalue weighted by Crippen LogP contribution is 2.34. The first-order valence-electron chi connectivity index (χ1n) is 7.86. The van der Waals surface area contributed by atoms with E-state index in [1.807, 2.05) is 0 Å². The van der Waals surface area contributed by atoms with E-state index in [2.05, 4.69) is 9.97 Å². The van der Waals surface area contributed by atoms with Gasteiger partial charge < -0.3 is 14.7 Å². The SMILES string of the molecule is COC(=O)c1ccc2c(c1)CCN2S(=O)(=O)c1ccc2[nH]c(=O)[nH]c2c1. The largest absolute Gasteiger partial charge is 0.465 e. The van der Waals surface area contributed by atoms with Crippen LogP contribution in [0.4, 0.5) is 5.69 Å². The normalized spacial score (nSPS) is 13.8. The lowest BCUT2D eigenvalue weighted by atomic mass is 10.1. The van der Waals surface area contributed by atoms with Crippen LogP contribution in [-0.2, 0) is 21.2 Å². The molecule has 1 aliphatic rings. The van der Waals surface area contributed by atoms with Crippen LogP contribution in [0.5, 0.6) is 0 Å². The van der Waals surface area contributed by atoms with Crippen molar-refractivity contribution in [1.29, 1.82) is 0 Å². The van der Waals surface area contributed by atoms with Crippen molar-refractivity contribution >= 4 is 32.7 Å². The number of nitrogens with one attached hydrogen (secondary N) is 2. The predicted molar refractivity (Wildman–Crippen MR) is 94.9 cm³/mol. The number of sulfonamides is 1. The maximum absolute atomic E-state index is 13.1. The van der Waals surface area contributed by atoms with Crippen LogP contribution in [0, 0.1) is 0 Å². The predicted octanol–water partition coefficient (Wildman–Crippen LogP) is 1.39. The van der Waals surface area contributed by atoms with Gasteiger partial charge in [0, 0.05) is 6.54 Å². The summed E-state index contributed by atoms with van der Waals surface area (Å²) in [5.41, 5.74) is 2.27. The second kappa shape index (κ2) is 5.73. The van der Waals surface area contributed by atoms with Gasteiger partial charge in [-0.1, -0.05) is 0 Å². The van der Waals surface area contributed by atoms with Crippen LogP contribution in [0.1, 0.15) is 15.9 Å². The minimum absolute atomic E-state index is 0.0881. The first-order valence-corrected chi connectivity index (χ1v) is 9.30. The highest BCUT2D eigenvalue weighted by atomic mass is 32.2. The molecule has 2 aromatic carbocycles. The van der Waals surface area contributed by atoms with E-state index >= 15 is 0 Å². The van der Waals surface area contributed by atoms with Gasteiger partial charge in [0.25, 0.3) is 10.0 Å². The van der Waals surface area contributed by atoms with Crippen LogP contribution in [0.3, 0.4) is 0 Å². The third-order valence-corrected chi connectivity index (χ3v) is 6.24. The van der Waals surface area contributed by atoms with Gasteiger partial charge in [0.05, 0.1) is 34.3 Å². The Balaban J connectivity index is 1.75. The van der Waals surface area contributed by atoms with Crippen molar-refractivity contribution in [3.05, 3.63) is 58.0 Å². The third kappa shape index (κ3) is 2.48. The Bertz CT molecular complexity index is 1190. The molecule has 0 fully saturated rings. The molecule has 0 saturated heterocycles. The van der Waals surface area contributed by atoms with E-state index in [1.54, 1.807) is 24.3 Å². The number of aromatic nitrogens is 2. The van der Waals surface area contributed by atoms with E-state index < -0.39 is 21.7 Å². The summed E-state index contributed by atoms with van der Waals surface area (Å²) < 4.78 is 32.1. The number of H-pyrrole nitrogens is 2. The minimum atomic E-state index is -3.79. The van der Waals surface area contributed by atoms with Gasteiger partial charge in [-0.3, -0.25) is 4.31 Å². The molecule has 0 unspecified atom stereocenters. The summed E-state index contributed by atoms with van der Waals surface area (Å²) >= 11 is 0. The van der Waals surface area contributed by atoms with Crippen LogP contribution in [-0.4, -0.2) is 38.0 Å². The highest BCUT2D eigenvalue weighted by molar-refractivity contribution is 7.92. The Morgan fingerprint density at radius 1 is 1.12 bits per heavy atom. The molecule has 134 valence electrons. The van der Waals surface area contributed by atoms with E-state index in [0.717, 1.165) is 5.56 Å². The number of hydrogen-bond acceptors (Lipinski definition) is 5. The number of esters is 1. The number of methoxy groups -OCH3 is 1. The lowest BCUT2D eigenvalue weighted by Crippen LogP contribution is -2.29. The molecule has 4 rings (SSSR count). The van der Waals surface area contributed by atoms with E-state index in [-0.39, 0.29) is 11.4 Å². The van der Waals surface area contributed by atoms with Gasteiger partial charge in [0.15, 0.2) is 0 Å². The molecule has 0 bridgehead atoms. The summed E-state index contributed by atoms with van der Waals surface area (Å²) in [6.07, 6.45) is 0.503. The van der Waals surface area contributed by atoms with Gasteiger partial charge >= 0.3 is 11.7 Å². The van der Waals surface area contributed by atoms with E-state index in [9.17, 15) is 18.0 Å². The summed E-state index contributed by atoms with van der Waals surface area (Å²) in [6, 6.07) is 9.26. The molecule has 0 amide bonds. The molecule has 9 heteroatoms. The van der Waals surface area contributed by atoms with E-state index in [4.69, 9.17) is 4.74 Å². The molecular formula is C17H15N3O5S. The molecule has 0 spiro atoms. The summed E-state index contributed by atoms with van der Waals surface area (Å²) in [5.74, 6) is -0.462. The zero-order chi connectivity index (χ0) is 18.5. The lowest BCUT2D eigenvalue weighted by Gasteiger charge is -2.19. The fraction of sp³-hybridized carbons (Fsp3) is 0.176. The number of nitrogens with zero attached hydrogens (tertiary/aromatic N) is 1. The summed E-state index contributed by atoms with van der Waals surface area (Å²) in [5, 5.41) is 0. The topological polar surface area (TPSA) is 112 Å². The van der Waals surface area contributed by atoms with Crippen molar-refractivity contribution in [3.63, 3.8) is 0 Å². The Morgan fingerprint density at radius 3 is 2.65 bits per heavy atom. The standard InChI is InChI=1S/C17H15N3O5S/c1-25-16(21)11-2-5-15-10(8-11)6-7-20(15)26(23,24)12-3-4-13-14(9-12)19-17(22)18-13/h2-5,8-9H,6-7H2,1H3,(H2,18,19,22). The smallest absolute Gasteiger partial charge is 0.337 e. The number of carbonyl (C=O) groups excluding carboxylic acids is 1. The van der Waals surface area contributed by atoms with Gasteiger partial charge in [0.1, 0.15) is 0 Å². The number of imidazole rings is 1. The molecule has 1 aliphatic heterocycles. The van der Waals surface area contributed by atoms with Crippen LogP contribution in [0.25, 0.3) is 11.0 Å². The van der Waals surface area contributed by atoms with Crippen molar-refractivity contribution < 1.29 is 17.9 Å². The number of anilines is 1. The Labute approximate surface area is 148 Å².